The molecule has 2 aromatic rings. The number of aryl methyl sites for hydroxylation is 2. The third-order valence-corrected chi connectivity index (χ3v) is 2.55. The van der Waals surface area contributed by atoms with Gasteiger partial charge in [-0.3, -0.25) is 4.79 Å². The van der Waals surface area contributed by atoms with E-state index in [1.165, 1.54) is 10.8 Å². The van der Waals surface area contributed by atoms with Crippen LogP contribution in [0.4, 0.5) is 5.69 Å². The predicted octanol–water partition coefficient (Wildman–Crippen LogP) is 1.34. The Balaban J connectivity index is 2.30. The van der Waals surface area contributed by atoms with E-state index < -0.39 is 0 Å². The third-order valence-electron chi connectivity index (χ3n) is 2.55. The molecule has 1 aromatic heterocycles. The molecule has 5 nitrogen and oxygen atoms in total. The second-order valence-electron chi connectivity index (χ2n) is 3.95. The Morgan fingerprint density at radius 3 is 2.61 bits per heavy atom. The van der Waals surface area contributed by atoms with Crippen LogP contribution in [0.3, 0.4) is 0 Å². The Morgan fingerprint density at radius 2 is 1.94 bits per heavy atom. The first kappa shape index (κ1) is 12.0. The standard InChI is InChI=1S/C13H13N3O2/c1-9-11(8-16(2)13(18)14-9)12(17)15-10-6-4-3-5-7-10/h3-8H,1-2H3,(H,15,17). The summed E-state index contributed by atoms with van der Waals surface area (Å²) in [6.45, 7) is 1.64. The van der Waals surface area contributed by atoms with Crippen molar-refractivity contribution >= 4 is 11.6 Å². The van der Waals surface area contributed by atoms with Gasteiger partial charge in [0.1, 0.15) is 0 Å². The quantitative estimate of drug-likeness (QED) is 0.865. The van der Waals surface area contributed by atoms with Crippen LogP contribution in [-0.2, 0) is 7.05 Å². The molecule has 0 fully saturated rings. The second-order valence-corrected chi connectivity index (χ2v) is 3.95. The van der Waals surface area contributed by atoms with Crippen molar-refractivity contribution in [3.05, 3.63) is 58.3 Å². The predicted molar refractivity (Wildman–Crippen MR) is 68.6 cm³/mol. The monoisotopic (exact) mass is 243 g/mol. The molecule has 0 saturated heterocycles. The molecule has 0 aliphatic heterocycles. The molecular formula is C13H13N3O2. The van der Waals surface area contributed by atoms with E-state index in [1.54, 1.807) is 26.1 Å². The van der Waals surface area contributed by atoms with E-state index >= 15 is 0 Å². The summed E-state index contributed by atoms with van der Waals surface area (Å²) in [6.07, 6.45) is 1.49. The molecule has 1 amide bonds. The van der Waals surface area contributed by atoms with Crippen molar-refractivity contribution in [3.63, 3.8) is 0 Å². The molecule has 1 N–H and O–H groups in total. The number of hydrogen-bond donors (Lipinski definition) is 1. The topological polar surface area (TPSA) is 64.0 Å². The number of carbonyl (C=O) groups is 1. The van der Waals surface area contributed by atoms with E-state index in [4.69, 9.17) is 0 Å². The summed E-state index contributed by atoms with van der Waals surface area (Å²) in [7, 11) is 1.56. The van der Waals surface area contributed by atoms with Crippen LogP contribution in [0.1, 0.15) is 16.1 Å². The highest BCUT2D eigenvalue weighted by molar-refractivity contribution is 6.04. The summed E-state index contributed by atoms with van der Waals surface area (Å²) in [4.78, 5) is 27.1. The normalized spacial score (nSPS) is 10.1. The number of anilines is 1. The van der Waals surface area contributed by atoms with Crippen LogP contribution in [0.2, 0.25) is 0 Å². The zero-order valence-corrected chi connectivity index (χ0v) is 10.2. The first-order valence-corrected chi connectivity index (χ1v) is 5.48. The third kappa shape index (κ3) is 2.45. The van der Waals surface area contributed by atoms with Gasteiger partial charge >= 0.3 is 5.69 Å². The zero-order valence-electron chi connectivity index (χ0n) is 10.2. The van der Waals surface area contributed by atoms with Gasteiger partial charge in [0.25, 0.3) is 5.91 Å². The molecule has 2 rings (SSSR count). The maximum atomic E-state index is 12.0. The fraction of sp³-hybridized carbons (Fsp3) is 0.154. The molecule has 0 atom stereocenters. The van der Waals surface area contributed by atoms with Gasteiger partial charge < -0.3 is 9.88 Å². The fourth-order valence-electron chi connectivity index (χ4n) is 1.57. The SMILES string of the molecule is Cc1nc(=O)n(C)cc1C(=O)Nc1ccccc1. The van der Waals surface area contributed by atoms with E-state index in [0.717, 1.165) is 0 Å². The van der Waals surface area contributed by atoms with E-state index in [2.05, 4.69) is 10.3 Å². The molecule has 0 unspecified atom stereocenters. The summed E-state index contributed by atoms with van der Waals surface area (Å²) in [5, 5.41) is 2.75. The van der Waals surface area contributed by atoms with Crippen molar-refractivity contribution in [2.75, 3.05) is 5.32 Å². The van der Waals surface area contributed by atoms with Gasteiger partial charge in [-0.05, 0) is 19.1 Å². The second kappa shape index (κ2) is 4.83. The molecule has 0 bridgehead atoms. The summed E-state index contributed by atoms with van der Waals surface area (Å²) in [6, 6.07) is 9.13. The molecule has 0 aliphatic rings. The molecule has 5 heteroatoms. The van der Waals surface area contributed by atoms with Crippen LogP contribution < -0.4 is 11.0 Å². The summed E-state index contributed by atoms with van der Waals surface area (Å²) < 4.78 is 1.28. The molecule has 0 spiro atoms. The number of rotatable bonds is 2. The minimum absolute atomic E-state index is 0.276. The van der Waals surface area contributed by atoms with E-state index in [9.17, 15) is 9.59 Å². The number of hydrogen-bond acceptors (Lipinski definition) is 3. The van der Waals surface area contributed by atoms with Crippen molar-refractivity contribution in [2.24, 2.45) is 7.05 Å². The lowest BCUT2D eigenvalue weighted by atomic mass is 10.2. The Kier molecular flexibility index (Phi) is 3.23. The zero-order chi connectivity index (χ0) is 13.1. The number of carbonyl (C=O) groups excluding carboxylic acids is 1. The van der Waals surface area contributed by atoms with Gasteiger partial charge in [0.2, 0.25) is 0 Å². The minimum atomic E-state index is -0.372. The lowest BCUT2D eigenvalue weighted by molar-refractivity contribution is 0.102. The van der Waals surface area contributed by atoms with Crippen LogP contribution in [0.5, 0.6) is 0 Å². The number of amides is 1. The molecule has 1 aromatic carbocycles. The molecule has 0 aliphatic carbocycles. The molecular weight excluding hydrogens is 230 g/mol. The average Bonchev–Trinajstić information content (AvgIpc) is 2.35. The Hall–Kier alpha value is -2.43. The summed E-state index contributed by atoms with van der Waals surface area (Å²) in [5.41, 5.74) is 1.15. The molecule has 92 valence electrons. The molecule has 1 heterocycles. The van der Waals surface area contributed by atoms with E-state index in [-0.39, 0.29) is 11.6 Å². The number of benzene rings is 1. The van der Waals surface area contributed by atoms with Crippen molar-refractivity contribution in [2.45, 2.75) is 6.92 Å². The molecule has 0 saturated carbocycles. The highest BCUT2D eigenvalue weighted by Crippen LogP contribution is 2.09. The van der Waals surface area contributed by atoms with Gasteiger partial charge in [-0.25, -0.2) is 4.79 Å². The van der Waals surface area contributed by atoms with Crippen LogP contribution in [-0.4, -0.2) is 15.5 Å². The number of aromatic nitrogens is 2. The highest BCUT2D eigenvalue weighted by Gasteiger charge is 2.11. The average molecular weight is 243 g/mol. The summed E-state index contributed by atoms with van der Waals surface area (Å²) in [5.74, 6) is -0.276. The smallest absolute Gasteiger partial charge is 0.322 e. The lowest BCUT2D eigenvalue weighted by Crippen LogP contribution is -2.25. The van der Waals surface area contributed by atoms with Crippen LogP contribution in [0.15, 0.2) is 41.3 Å². The lowest BCUT2D eigenvalue weighted by Gasteiger charge is -2.08. The fourth-order valence-corrected chi connectivity index (χ4v) is 1.57. The van der Waals surface area contributed by atoms with Gasteiger partial charge in [0.05, 0.1) is 11.3 Å². The Labute approximate surface area is 104 Å². The first-order chi connectivity index (χ1) is 8.58. The van der Waals surface area contributed by atoms with Crippen molar-refractivity contribution in [1.82, 2.24) is 9.55 Å². The van der Waals surface area contributed by atoms with Gasteiger partial charge in [-0.15, -0.1) is 0 Å². The van der Waals surface area contributed by atoms with Crippen LogP contribution >= 0.6 is 0 Å². The van der Waals surface area contributed by atoms with Crippen molar-refractivity contribution in [1.29, 1.82) is 0 Å². The maximum Gasteiger partial charge on any atom is 0.347 e. The van der Waals surface area contributed by atoms with E-state index in [0.29, 0.717) is 16.9 Å². The largest absolute Gasteiger partial charge is 0.347 e. The first-order valence-electron chi connectivity index (χ1n) is 5.48. The van der Waals surface area contributed by atoms with Crippen molar-refractivity contribution in [3.8, 4) is 0 Å². The van der Waals surface area contributed by atoms with Gasteiger partial charge in [0.15, 0.2) is 0 Å². The Bertz CT molecular complexity index is 632. The Morgan fingerprint density at radius 1 is 1.28 bits per heavy atom. The van der Waals surface area contributed by atoms with Gasteiger partial charge in [-0.2, -0.15) is 4.98 Å². The molecule has 18 heavy (non-hydrogen) atoms. The van der Waals surface area contributed by atoms with Crippen LogP contribution in [0.25, 0.3) is 0 Å². The molecule has 0 radical (unpaired) electrons. The summed E-state index contributed by atoms with van der Waals surface area (Å²) >= 11 is 0. The van der Waals surface area contributed by atoms with E-state index in [1.807, 2.05) is 18.2 Å². The van der Waals surface area contributed by atoms with Crippen LogP contribution in [0, 0.1) is 6.92 Å². The number of para-hydroxylation sites is 1. The maximum absolute atomic E-state index is 12.0. The number of nitrogens with one attached hydrogen (secondary N) is 1. The van der Waals surface area contributed by atoms with Gasteiger partial charge in [-0.1, -0.05) is 18.2 Å². The number of nitrogens with zero attached hydrogens (tertiary/aromatic N) is 2. The minimum Gasteiger partial charge on any atom is -0.322 e. The van der Waals surface area contributed by atoms with Gasteiger partial charge in [0, 0.05) is 18.9 Å². The highest BCUT2D eigenvalue weighted by atomic mass is 16.2. The van der Waals surface area contributed by atoms with Crippen molar-refractivity contribution < 1.29 is 4.79 Å².